The molecule has 0 aliphatic heterocycles. The van der Waals surface area contributed by atoms with Crippen LogP contribution in [0.25, 0.3) is 6.08 Å². The summed E-state index contributed by atoms with van der Waals surface area (Å²) in [7, 11) is 0. The zero-order chi connectivity index (χ0) is 52.4. The lowest BCUT2D eigenvalue weighted by Gasteiger charge is -2.24. The van der Waals surface area contributed by atoms with E-state index in [-0.39, 0.29) is 42.0 Å². The molecule has 1 aromatic carbocycles. The van der Waals surface area contributed by atoms with E-state index in [9.17, 15) is 14.4 Å². The van der Waals surface area contributed by atoms with Crippen molar-refractivity contribution in [1.82, 2.24) is 0 Å². The van der Waals surface area contributed by atoms with Crippen LogP contribution in [0.3, 0.4) is 0 Å². The number of carbonyl (C=O) groups is 3. The van der Waals surface area contributed by atoms with Crippen LogP contribution in [-0.2, 0) is 43.0 Å². The molecule has 10 heteroatoms. The molecule has 4 bridgehead atoms. The Morgan fingerprint density at radius 2 is 1.15 bits per heavy atom. The van der Waals surface area contributed by atoms with Crippen molar-refractivity contribution in [2.75, 3.05) is 13.2 Å². The van der Waals surface area contributed by atoms with Gasteiger partial charge in [0.05, 0.1) is 25.0 Å². The molecule has 0 N–H and O–H groups in total. The number of esters is 3. The fraction of sp³-hybridized carbons (Fsp3) is 0.571. The Hall–Kier alpha value is -5.69. The van der Waals surface area contributed by atoms with E-state index in [1.54, 1.807) is 0 Å². The van der Waals surface area contributed by atoms with Crippen LogP contribution in [0, 0.1) is 107 Å². The molecule has 10 nitrogen and oxygen atoms in total. The van der Waals surface area contributed by atoms with Crippen LogP contribution in [0.5, 0.6) is 5.75 Å². The van der Waals surface area contributed by atoms with Crippen molar-refractivity contribution in [2.45, 2.75) is 105 Å². The van der Waals surface area contributed by atoms with E-state index in [4.69, 9.17) is 33.4 Å². The zero-order valence-corrected chi connectivity index (χ0v) is 43.8. The van der Waals surface area contributed by atoms with Gasteiger partial charge in [-0.3, -0.25) is 9.59 Å². The summed E-state index contributed by atoms with van der Waals surface area (Å²) in [5, 5.41) is 0. The summed E-state index contributed by atoms with van der Waals surface area (Å²) in [5.41, 5.74) is 1.09. The minimum Gasteiger partial charge on any atom is -0.466 e. The maximum absolute atomic E-state index is 13.3. The first-order valence-corrected chi connectivity index (χ1v) is 27.5. The van der Waals surface area contributed by atoms with E-state index in [0.29, 0.717) is 72.2 Å². The molecule has 10 rings (SSSR count). The van der Waals surface area contributed by atoms with Crippen molar-refractivity contribution in [3.63, 3.8) is 0 Å². The van der Waals surface area contributed by atoms with E-state index in [1.165, 1.54) is 51.0 Å². The zero-order valence-electron chi connectivity index (χ0n) is 43.8. The summed E-state index contributed by atoms with van der Waals surface area (Å²) in [6, 6.07) is 7.56. The summed E-state index contributed by atoms with van der Waals surface area (Å²) in [4.78, 5) is 68.9. The Morgan fingerprint density at radius 1 is 0.589 bits per heavy atom. The highest BCUT2D eigenvalue weighted by molar-refractivity contribution is 5.83. The lowest BCUT2D eigenvalue weighted by atomic mass is 9.81. The van der Waals surface area contributed by atoms with Crippen LogP contribution in [0.2, 0.25) is 0 Å². The molecule has 1 aromatic rings. The third kappa shape index (κ3) is 14.3. The average molecular weight is 997 g/mol. The highest BCUT2D eigenvalue weighted by Crippen LogP contribution is 2.53. The molecule has 9 aliphatic carbocycles. The number of allylic oxidation sites excluding steroid dienone is 13. The standard InChI is InChI=1S/C39H50O4.C12H18O2.C10H12.2CO2/c1-5-34-31(20-19-30-23-26(4)35-9-8-10-36(30)35)25-32(38(34)39(41)42-7-3)18-15-29-14-13-28(24-29)12-11-27-16-21-33(22-17-27)43-37(40)6-2;1-3-10-8-5-6-9(7-8)11(10)12(13)14-4-2;1-2-9-7-4-5-8(6-7)10(9)3-1;2*2-1-3/h6,8,10-12,15-22,26,28-32,34-36,38H,2,5,7,9,13-14,23-25H2,1,3-4H3;5-6,8-11H,3-4,7H2,1-2H3;1-2,4-5,7-10H,3,6H2;;. The van der Waals surface area contributed by atoms with Crippen molar-refractivity contribution in [3.05, 3.63) is 121 Å². The average Bonchev–Trinajstić information content (AvgIpc) is 4.24. The quantitative estimate of drug-likeness (QED) is 0.0763. The van der Waals surface area contributed by atoms with Gasteiger partial charge in [-0.25, -0.2) is 4.79 Å². The SMILES string of the molecule is C1=CC2C3C=CC(C3)C2C1.C=CC(=O)Oc1ccc(C=CC2CCC(C=CC3CC(C=CC4CC(C)C5CC=CC45)C(CC)C3C(=O)OCC)C2)cc1.CCOC(=O)C1C2C=CC(C2)C1CC.O=C=O.O=C=O. The summed E-state index contributed by atoms with van der Waals surface area (Å²) < 4.78 is 15.9. The molecule has 18 atom stereocenters. The van der Waals surface area contributed by atoms with Gasteiger partial charge in [0.25, 0.3) is 0 Å². The molecule has 0 aromatic heterocycles. The smallest absolute Gasteiger partial charge is 0.373 e. The first kappa shape index (κ1) is 56.6. The van der Waals surface area contributed by atoms with Crippen LogP contribution in [-0.4, -0.2) is 43.4 Å². The molecule has 5 fully saturated rings. The van der Waals surface area contributed by atoms with Crippen LogP contribution < -0.4 is 4.74 Å². The highest BCUT2D eigenvalue weighted by atomic mass is 16.5. The first-order chi connectivity index (χ1) is 35.4. The normalized spacial score (nSPS) is 36.0. The molecule has 0 amide bonds. The Morgan fingerprint density at radius 3 is 1.79 bits per heavy atom. The Kier molecular flexibility index (Phi) is 21.8. The minimum absolute atomic E-state index is 0.00862. The fourth-order valence-corrected chi connectivity index (χ4v) is 14.6. The van der Waals surface area contributed by atoms with Crippen LogP contribution >= 0.6 is 0 Å². The Balaban J connectivity index is 0.000000230. The third-order valence-corrected chi connectivity index (χ3v) is 17.9. The molecule has 5 saturated carbocycles. The van der Waals surface area contributed by atoms with Crippen molar-refractivity contribution in [3.8, 4) is 5.75 Å². The number of hydrogen-bond donors (Lipinski definition) is 0. The van der Waals surface area contributed by atoms with Gasteiger partial charge in [0.1, 0.15) is 5.75 Å². The number of fused-ring (bicyclic) bond motifs is 8. The summed E-state index contributed by atoms with van der Waals surface area (Å²) in [5.74, 6) is 10.7. The summed E-state index contributed by atoms with van der Waals surface area (Å²) in [6.45, 7) is 15.0. The number of carbonyl (C=O) groups excluding carboxylic acids is 7. The van der Waals surface area contributed by atoms with Crippen molar-refractivity contribution >= 4 is 36.3 Å². The lowest BCUT2D eigenvalue weighted by molar-refractivity contribution is -0.193. The van der Waals surface area contributed by atoms with E-state index >= 15 is 0 Å². The van der Waals surface area contributed by atoms with Gasteiger partial charge in [-0.2, -0.15) is 19.2 Å². The highest BCUT2D eigenvalue weighted by Gasteiger charge is 2.49. The predicted octanol–water partition coefficient (Wildman–Crippen LogP) is 12.6. The third-order valence-electron chi connectivity index (χ3n) is 17.9. The van der Waals surface area contributed by atoms with Gasteiger partial charge >= 0.3 is 30.2 Å². The van der Waals surface area contributed by atoms with Gasteiger partial charge < -0.3 is 14.2 Å². The molecular formula is C63H80O10. The maximum Gasteiger partial charge on any atom is 0.373 e. The van der Waals surface area contributed by atoms with E-state index in [0.717, 1.165) is 66.8 Å². The maximum atomic E-state index is 13.3. The number of hydrogen-bond acceptors (Lipinski definition) is 10. The molecule has 9 aliphatic rings. The second-order valence-electron chi connectivity index (χ2n) is 21.7. The van der Waals surface area contributed by atoms with Crippen molar-refractivity contribution in [1.29, 1.82) is 0 Å². The van der Waals surface area contributed by atoms with Crippen LogP contribution in [0.4, 0.5) is 0 Å². The fourth-order valence-electron chi connectivity index (χ4n) is 14.6. The molecular weight excluding hydrogens is 917 g/mol. The lowest BCUT2D eigenvalue weighted by Crippen LogP contribution is -2.28. The molecule has 0 heterocycles. The van der Waals surface area contributed by atoms with Gasteiger partial charge in [0, 0.05) is 6.08 Å². The minimum atomic E-state index is -0.449. The first-order valence-electron chi connectivity index (χ1n) is 27.5. The van der Waals surface area contributed by atoms with Gasteiger partial charge in [-0.15, -0.1) is 0 Å². The van der Waals surface area contributed by atoms with E-state index < -0.39 is 5.97 Å². The van der Waals surface area contributed by atoms with E-state index in [2.05, 4.69) is 112 Å². The molecule has 392 valence electrons. The molecule has 0 radical (unpaired) electrons. The second-order valence-corrected chi connectivity index (χ2v) is 21.7. The van der Waals surface area contributed by atoms with Gasteiger partial charge in [-0.05, 0) is 184 Å². The van der Waals surface area contributed by atoms with Crippen molar-refractivity contribution in [2.24, 2.45) is 107 Å². The summed E-state index contributed by atoms with van der Waals surface area (Å²) in [6.07, 6.45) is 48.1. The van der Waals surface area contributed by atoms with Gasteiger partial charge in [-0.1, -0.05) is 137 Å². The predicted molar refractivity (Wildman–Crippen MR) is 280 cm³/mol. The van der Waals surface area contributed by atoms with Crippen LogP contribution in [0.15, 0.2) is 116 Å². The second kappa shape index (κ2) is 28.1. The topological polar surface area (TPSA) is 147 Å². The molecule has 0 spiro atoms. The number of rotatable bonds is 14. The molecule has 73 heavy (non-hydrogen) atoms. The van der Waals surface area contributed by atoms with Crippen molar-refractivity contribution < 1.29 is 47.8 Å². The summed E-state index contributed by atoms with van der Waals surface area (Å²) >= 11 is 0. The Labute approximate surface area is 434 Å². The monoisotopic (exact) mass is 997 g/mol. The van der Waals surface area contributed by atoms with E-state index in [1.807, 2.05) is 38.1 Å². The van der Waals surface area contributed by atoms with Gasteiger partial charge in [0.2, 0.25) is 0 Å². The molecule has 0 saturated heterocycles. The number of benzene rings is 1. The molecule has 18 unspecified atom stereocenters. The Bertz CT molecular complexity index is 2270. The number of ether oxygens (including phenoxy) is 3. The largest absolute Gasteiger partial charge is 0.466 e. The van der Waals surface area contributed by atoms with Crippen LogP contribution in [0.1, 0.15) is 111 Å². The van der Waals surface area contributed by atoms with Gasteiger partial charge in [0.15, 0.2) is 0 Å².